The van der Waals surface area contributed by atoms with E-state index in [0.29, 0.717) is 23.1 Å². The first kappa shape index (κ1) is 18.4. The van der Waals surface area contributed by atoms with Crippen LogP contribution >= 0.6 is 11.6 Å². The van der Waals surface area contributed by atoms with Gasteiger partial charge in [-0.05, 0) is 48.5 Å². The molecule has 0 aromatic heterocycles. The van der Waals surface area contributed by atoms with Gasteiger partial charge >= 0.3 is 0 Å². The lowest BCUT2D eigenvalue weighted by atomic mass is 10.2. The van der Waals surface area contributed by atoms with Crippen LogP contribution in [0.4, 0.5) is 5.69 Å². The van der Waals surface area contributed by atoms with Crippen LogP contribution in [0, 0.1) is 10.8 Å². The molecule has 0 amide bonds. The zero-order chi connectivity index (χ0) is 18.2. The summed E-state index contributed by atoms with van der Waals surface area (Å²) in [6.45, 7) is 4.15. The van der Waals surface area contributed by atoms with Crippen LogP contribution in [0.5, 0.6) is 11.5 Å². The normalized spacial score (nSPS) is 9.84. The third-order valence-electron chi connectivity index (χ3n) is 3.27. The summed E-state index contributed by atoms with van der Waals surface area (Å²) in [6, 6.07) is 14.4. The molecule has 130 valence electrons. The van der Waals surface area contributed by atoms with Gasteiger partial charge in [0.1, 0.15) is 11.5 Å². The van der Waals surface area contributed by atoms with Gasteiger partial charge in [0.25, 0.3) is 0 Å². The molecule has 0 aliphatic carbocycles. The lowest BCUT2D eigenvalue weighted by Crippen LogP contribution is -2.47. The van der Waals surface area contributed by atoms with Crippen molar-refractivity contribution in [3.05, 3.63) is 66.2 Å². The minimum absolute atomic E-state index is 0.0433. The molecule has 0 saturated heterocycles. The monoisotopic (exact) mass is 357 g/mol. The number of halogens is 1. The Morgan fingerprint density at radius 3 is 2.20 bits per heavy atom. The van der Waals surface area contributed by atoms with Crippen molar-refractivity contribution < 1.29 is 4.74 Å². The Morgan fingerprint density at radius 1 is 1.12 bits per heavy atom. The largest absolute Gasteiger partial charge is 0.457 e. The number of nitrogens with zero attached hydrogens (tertiary/aromatic N) is 1. The van der Waals surface area contributed by atoms with Crippen LogP contribution in [0.15, 0.2) is 61.2 Å². The first-order chi connectivity index (χ1) is 12.0. The molecule has 0 radical (unpaired) electrons. The van der Waals surface area contributed by atoms with Gasteiger partial charge in [-0.15, -0.1) is 6.58 Å². The molecule has 0 fully saturated rings. The minimum atomic E-state index is 0.0433. The van der Waals surface area contributed by atoms with Crippen molar-refractivity contribution in [2.45, 2.75) is 0 Å². The number of nitrogens with one attached hydrogen (secondary N) is 4. The predicted molar refractivity (Wildman–Crippen MR) is 103 cm³/mol. The fourth-order valence-corrected chi connectivity index (χ4v) is 2.16. The molecular weight excluding hydrogens is 338 g/mol. The van der Waals surface area contributed by atoms with Gasteiger partial charge < -0.3 is 15.0 Å². The summed E-state index contributed by atoms with van der Waals surface area (Å²) in [5, 5.41) is 21.7. The highest BCUT2D eigenvalue weighted by Crippen LogP contribution is 2.25. The summed E-state index contributed by atoms with van der Waals surface area (Å²) in [6.07, 6.45) is 1.69. The quantitative estimate of drug-likeness (QED) is 0.372. The fraction of sp³-hybridized carbons (Fsp3) is 0.111. The molecule has 0 unspecified atom stereocenters. The number of guanidine groups is 2. The Hall–Kier alpha value is -2.99. The molecule has 0 atom stereocenters. The van der Waals surface area contributed by atoms with Crippen molar-refractivity contribution in [3.63, 3.8) is 0 Å². The van der Waals surface area contributed by atoms with E-state index < -0.39 is 0 Å². The standard InChI is InChI=1S/C18H20ClN5O/c1-3-12-24(18(21)23-17(20)22-2)14-6-10-16(11-7-14)25-15-8-4-13(19)5-9-15/h3-11H,1,12H2,2H3,(H4,20,21,22,23). The van der Waals surface area contributed by atoms with Crippen LogP contribution in [0.1, 0.15) is 0 Å². The second-order valence-corrected chi connectivity index (χ2v) is 5.48. The zero-order valence-electron chi connectivity index (χ0n) is 13.8. The molecular formula is C18H20ClN5O. The lowest BCUT2D eigenvalue weighted by molar-refractivity contribution is 0.483. The summed E-state index contributed by atoms with van der Waals surface area (Å²) in [5.41, 5.74) is 0.782. The Kier molecular flexibility index (Phi) is 6.42. The SMILES string of the molecule is C=CCN(C(=N)NC(=N)NC)c1ccc(Oc2ccc(Cl)cc2)cc1. The van der Waals surface area contributed by atoms with E-state index in [1.165, 1.54) is 0 Å². The first-order valence-electron chi connectivity index (χ1n) is 7.57. The Bertz CT molecular complexity index is 743. The molecule has 25 heavy (non-hydrogen) atoms. The Labute approximate surface area is 152 Å². The molecule has 2 aromatic carbocycles. The maximum absolute atomic E-state index is 8.12. The van der Waals surface area contributed by atoms with Crippen molar-refractivity contribution in [1.29, 1.82) is 10.8 Å². The fourth-order valence-electron chi connectivity index (χ4n) is 2.04. The third-order valence-corrected chi connectivity index (χ3v) is 3.52. The molecule has 4 N–H and O–H groups in total. The van der Waals surface area contributed by atoms with Gasteiger partial charge in [-0.1, -0.05) is 17.7 Å². The summed E-state index contributed by atoms with van der Waals surface area (Å²) in [4.78, 5) is 1.69. The molecule has 0 bridgehead atoms. The topological polar surface area (TPSA) is 84.2 Å². The average molecular weight is 358 g/mol. The predicted octanol–water partition coefficient (Wildman–Crippen LogP) is 3.80. The van der Waals surface area contributed by atoms with Crippen LogP contribution in [-0.2, 0) is 0 Å². The number of benzene rings is 2. The molecule has 7 heteroatoms. The van der Waals surface area contributed by atoms with E-state index in [0.717, 1.165) is 5.69 Å². The van der Waals surface area contributed by atoms with Crippen molar-refractivity contribution in [2.24, 2.45) is 0 Å². The molecule has 2 rings (SSSR count). The van der Waals surface area contributed by atoms with Gasteiger partial charge in [0.15, 0.2) is 5.96 Å². The van der Waals surface area contributed by atoms with Crippen molar-refractivity contribution in [3.8, 4) is 11.5 Å². The van der Waals surface area contributed by atoms with E-state index in [1.54, 1.807) is 42.3 Å². The second-order valence-electron chi connectivity index (χ2n) is 5.05. The third kappa shape index (κ3) is 5.26. The van der Waals surface area contributed by atoms with Crippen molar-refractivity contribution >= 4 is 29.2 Å². The number of hydrogen-bond donors (Lipinski definition) is 4. The van der Waals surface area contributed by atoms with E-state index in [1.807, 2.05) is 24.3 Å². The van der Waals surface area contributed by atoms with Gasteiger partial charge in [0, 0.05) is 24.3 Å². The molecule has 0 aliphatic heterocycles. The van der Waals surface area contributed by atoms with E-state index >= 15 is 0 Å². The minimum Gasteiger partial charge on any atom is -0.457 e. The Morgan fingerprint density at radius 2 is 1.68 bits per heavy atom. The van der Waals surface area contributed by atoms with Gasteiger partial charge in [-0.25, -0.2) is 0 Å². The van der Waals surface area contributed by atoms with Crippen LogP contribution < -0.4 is 20.3 Å². The summed E-state index contributed by atoms with van der Waals surface area (Å²) in [7, 11) is 1.61. The lowest BCUT2D eigenvalue weighted by Gasteiger charge is -2.24. The van der Waals surface area contributed by atoms with E-state index in [-0.39, 0.29) is 11.9 Å². The van der Waals surface area contributed by atoms with Gasteiger partial charge in [0.2, 0.25) is 5.96 Å². The molecule has 0 heterocycles. The van der Waals surface area contributed by atoms with E-state index in [2.05, 4.69) is 17.2 Å². The summed E-state index contributed by atoms with van der Waals surface area (Å²) >= 11 is 5.86. The highest BCUT2D eigenvalue weighted by atomic mass is 35.5. The maximum Gasteiger partial charge on any atom is 0.202 e. The van der Waals surface area contributed by atoms with Gasteiger partial charge in [-0.3, -0.25) is 16.1 Å². The summed E-state index contributed by atoms with van der Waals surface area (Å²) < 4.78 is 5.76. The van der Waals surface area contributed by atoms with Crippen molar-refractivity contribution in [1.82, 2.24) is 10.6 Å². The van der Waals surface area contributed by atoms with Crippen LogP contribution in [0.25, 0.3) is 0 Å². The second kappa shape index (κ2) is 8.75. The van der Waals surface area contributed by atoms with Crippen LogP contribution in [0.2, 0.25) is 5.02 Å². The zero-order valence-corrected chi connectivity index (χ0v) is 14.6. The van der Waals surface area contributed by atoms with Crippen LogP contribution in [0.3, 0.4) is 0 Å². The molecule has 2 aromatic rings. The van der Waals surface area contributed by atoms with Gasteiger partial charge in [-0.2, -0.15) is 0 Å². The van der Waals surface area contributed by atoms with E-state index in [9.17, 15) is 0 Å². The Balaban J connectivity index is 2.11. The molecule has 0 spiro atoms. The summed E-state index contributed by atoms with van der Waals surface area (Å²) in [5.74, 6) is 1.48. The highest BCUT2D eigenvalue weighted by molar-refractivity contribution is 6.30. The molecule has 0 aliphatic rings. The number of rotatable bonds is 5. The molecule has 6 nitrogen and oxygen atoms in total. The number of hydrogen-bond acceptors (Lipinski definition) is 3. The van der Waals surface area contributed by atoms with E-state index in [4.69, 9.17) is 27.2 Å². The first-order valence-corrected chi connectivity index (χ1v) is 7.95. The smallest absolute Gasteiger partial charge is 0.202 e. The van der Waals surface area contributed by atoms with Crippen LogP contribution in [-0.4, -0.2) is 25.5 Å². The average Bonchev–Trinajstić information content (AvgIpc) is 2.62. The van der Waals surface area contributed by atoms with Gasteiger partial charge in [0.05, 0.1) is 0 Å². The number of ether oxygens (including phenoxy) is 1. The number of anilines is 1. The highest BCUT2D eigenvalue weighted by Gasteiger charge is 2.12. The molecule has 0 saturated carbocycles. The maximum atomic E-state index is 8.12. The van der Waals surface area contributed by atoms with Crippen molar-refractivity contribution in [2.75, 3.05) is 18.5 Å².